The monoisotopic (exact) mass is 450 g/mol. The Bertz CT molecular complexity index is 958. The van der Waals surface area contributed by atoms with E-state index in [1.165, 1.54) is 22.6 Å². The second-order valence-electron chi connectivity index (χ2n) is 7.72. The molecule has 0 bridgehead atoms. The van der Waals surface area contributed by atoms with Crippen LogP contribution in [0.3, 0.4) is 0 Å². The van der Waals surface area contributed by atoms with E-state index in [0.29, 0.717) is 38.4 Å². The van der Waals surface area contributed by atoms with E-state index in [9.17, 15) is 17.9 Å². The van der Waals surface area contributed by atoms with Gasteiger partial charge < -0.3 is 14.7 Å². The van der Waals surface area contributed by atoms with Crippen molar-refractivity contribution >= 4 is 15.8 Å². The van der Waals surface area contributed by atoms with Crippen molar-refractivity contribution < 1.29 is 22.7 Å². The van der Waals surface area contributed by atoms with Gasteiger partial charge in [-0.2, -0.15) is 4.31 Å². The molecule has 2 saturated heterocycles. The number of benzene rings is 1. The number of aliphatic hydroxyl groups is 1. The number of halogens is 1. The maximum atomic E-state index is 13.1. The molecule has 10 heteroatoms. The Balaban J connectivity index is 1.32. The van der Waals surface area contributed by atoms with E-state index in [-0.39, 0.29) is 10.7 Å². The fraction of sp³-hybridized carbons (Fsp3) is 0.476. The lowest BCUT2D eigenvalue weighted by Crippen LogP contribution is -2.47. The second-order valence-corrected chi connectivity index (χ2v) is 9.66. The summed E-state index contributed by atoms with van der Waals surface area (Å²) in [5.41, 5.74) is 0.697. The molecule has 8 nitrogen and oxygen atoms in total. The van der Waals surface area contributed by atoms with Crippen molar-refractivity contribution in [1.82, 2.24) is 14.2 Å². The molecule has 0 spiro atoms. The van der Waals surface area contributed by atoms with E-state index in [1.807, 2.05) is 0 Å². The van der Waals surface area contributed by atoms with E-state index < -0.39 is 16.1 Å². The van der Waals surface area contributed by atoms with Gasteiger partial charge in [0.2, 0.25) is 10.0 Å². The molecule has 2 aromatic rings. The molecule has 1 aromatic heterocycles. The highest BCUT2D eigenvalue weighted by atomic mass is 32.2. The molecule has 2 aliphatic heterocycles. The zero-order chi connectivity index (χ0) is 21.8. The van der Waals surface area contributed by atoms with Crippen LogP contribution in [0.4, 0.5) is 10.2 Å². The van der Waals surface area contributed by atoms with Gasteiger partial charge in [-0.25, -0.2) is 17.8 Å². The number of hydrogen-bond donors (Lipinski definition) is 1. The minimum absolute atomic E-state index is 0.194. The summed E-state index contributed by atoms with van der Waals surface area (Å²) in [7, 11) is -3.55. The molecule has 2 aliphatic rings. The minimum Gasteiger partial charge on any atom is -0.387 e. The predicted octanol–water partition coefficient (Wildman–Crippen LogP) is 1.10. The second kappa shape index (κ2) is 9.58. The molecule has 4 rings (SSSR count). The number of nitrogens with zero attached hydrogens (tertiary/aromatic N) is 4. The highest BCUT2D eigenvalue weighted by Crippen LogP contribution is 2.21. The van der Waals surface area contributed by atoms with Gasteiger partial charge in [0.25, 0.3) is 0 Å². The van der Waals surface area contributed by atoms with Crippen LogP contribution in [0, 0.1) is 5.82 Å². The molecular weight excluding hydrogens is 423 g/mol. The summed E-state index contributed by atoms with van der Waals surface area (Å²) in [4.78, 5) is 8.84. The van der Waals surface area contributed by atoms with Gasteiger partial charge in [0.05, 0.1) is 19.3 Å². The van der Waals surface area contributed by atoms with Crippen LogP contribution in [0.15, 0.2) is 47.5 Å². The first-order valence-corrected chi connectivity index (χ1v) is 11.8. The van der Waals surface area contributed by atoms with Crippen LogP contribution in [0.2, 0.25) is 0 Å². The summed E-state index contributed by atoms with van der Waals surface area (Å²) < 4.78 is 45.2. The number of hydrogen-bond acceptors (Lipinski definition) is 7. The molecule has 168 valence electrons. The van der Waals surface area contributed by atoms with Gasteiger partial charge >= 0.3 is 0 Å². The van der Waals surface area contributed by atoms with Crippen molar-refractivity contribution in [1.29, 1.82) is 0 Å². The predicted molar refractivity (Wildman–Crippen MR) is 114 cm³/mol. The van der Waals surface area contributed by atoms with Crippen LogP contribution >= 0.6 is 0 Å². The highest BCUT2D eigenvalue weighted by molar-refractivity contribution is 7.89. The quantitative estimate of drug-likeness (QED) is 0.705. The SMILES string of the molecule is O=S(=O)(c1ccc(N2CCN(C[C@@H](O)c3ccc(F)cc3)CC2)nc1)N1CCOCC1. The van der Waals surface area contributed by atoms with Crippen LogP contribution in [0.1, 0.15) is 11.7 Å². The number of anilines is 1. The number of piperazine rings is 1. The Morgan fingerprint density at radius 2 is 1.68 bits per heavy atom. The number of aromatic nitrogens is 1. The Kier molecular flexibility index (Phi) is 6.83. The minimum atomic E-state index is -3.55. The fourth-order valence-corrected chi connectivity index (χ4v) is 5.20. The lowest BCUT2D eigenvalue weighted by atomic mass is 10.1. The fourth-order valence-electron chi connectivity index (χ4n) is 3.84. The first kappa shape index (κ1) is 22.1. The van der Waals surface area contributed by atoms with Gasteiger partial charge in [0.1, 0.15) is 16.5 Å². The molecule has 0 aliphatic carbocycles. The van der Waals surface area contributed by atoms with Crippen molar-refractivity contribution in [2.45, 2.75) is 11.0 Å². The third-order valence-electron chi connectivity index (χ3n) is 5.71. The van der Waals surface area contributed by atoms with Gasteiger partial charge in [0, 0.05) is 52.0 Å². The molecule has 1 N–H and O–H groups in total. The van der Waals surface area contributed by atoms with Crippen LogP contribution < -0.4 is 4.90 Å². The van der Waals surface area contributed by atoms with Gasteiger partial charge in [-0.3, -0.25) is 4.90 Å². The zero-order valence-corrected chi connectivity index (χ0v) is 18.0. The smallest absolute Gasteiger partial charge is 0.244 e. The number of aliphatic hydroxyl groups excluding tert-OH is 1. The van der Waals surface area contributed by atoms with Gasteiger partial charge in [-0.05, 0) is 29.8 Å². The number of sulfonamides is 1. The first-order valence-electron chi connectivity index (χ1n) is 10.4. The average Bonchev–Trinajstić information content (AvgIpc) is 2.81. The molecule has 2 fully saturated rings. The average molecular weight is 451 g/mol. The molecule has 0 saturated carbocycles. The lowest BCUT2D eigenvalue weighted by Gasteiger charge is -2.36. The Hall–Kier alpha value is -2.11. The van der Waals surface area contributed by atoms with Crippen molar-refractivity contribution in [3.05, 3.63) is 54.0 Å². The maximum Gasteiger partial charge on any atom is 0.244 e. The van der Waals surface area contributed by atoms with Crippen molar-refractivity contribution in [3.8, 4) is 0 Å². The summed E-state index contributed by atoms with van der Waals surface area (Å²) >= 11 is 0. The van der Waals surface area contributed by atoms with Gasteiger partial charge in [0.15, 0.2) is 0 Å². The molecule has 1 aromatic carbocycles. The van der Waals surface area contributed by atoms with Crippen molar-refractivity contribution in [2.24, 2.45) is 0 Å². The number of morpholine rings is 1. The van der Waals surface area contributed by atoms with E-state index in [0.717, 1.165) is 32.0 Å². The maximum absolute atomic E-state index is 13.1. The normalized spacial score (nSPS) is 20.0. The van der Waals surface area contributed by atoms with Crippen molar-refractivity contribution in [3.63, 3.8) is 0 Å². The number of β-amino-alcohol motifs (C(OH)–C–C–N with tert-alkyl or cyclic N) is 1. The zero-order valence-electron chi connectivity index (χ0n) is 17.2. The van der Waals surface area contributed by atoms with E-state index in [4.69, 9.17) is 4.74 Å². The lowest BCUT2D eigenvalue weighted by molar-refractivity contribution is 0.0730. The Labute approximate surface area is 181 Å². The molecule has 31 heavy (non-hydrogen) atoms. The number of ether oxygens (including phenoxy) is 1. The van der Waals surface area contributed by atoms with Crippen LogP contribution in [0.25, 0.3) is 0 Å². The molecular formula is C21H27FN4O4S. The van der Waals surface area contributed by atoms with E-state index in [2.05, 4.69) is 14.8 Å². The summed E-state index contributed by atoms with van der Waals surface area (Å²) in [5, 5.41) is 10.4. The Morgan fingerprint density at radius 3 is 2.29 bits per heavy atom. The largest absolute Gasteiger partial charge is 0.387 e. The van der Waals surface area contributed by atoms with Gasteiger partial charge in [-0.15, -0.1) is 0 Å². The van der Waals surface area contributed by atoms with Crippen molar-refractivity contribution in [2.75, 3.05) is 63.9 Å². The Morgan fingerprint density at radius 1 is 1.00 bits per heavy atom. The standard InChI is InChI=1S/C21H27FN4O4S/c22-18-3-1-17(2-4-18)20(27)16-24-7-9-25(10-8-24)21-6-5-19(15-23-21)31(28,29)26-11-13-30-14-12-26/h1-6,15,20,27H,7-14,16H2/t20-/m1/s1. The third-order valence-corrected chi connectivity index (χ3v) is 7.59. The summed E-state index contributed by atoms with van der Waals surface area (Å²) in [6.07, 6.45) is 0.750. The first-order chi connectivity index (χ1) is 14.9. The molecule has 3 heterocycles. The summed E-state index contributed by atoms with van der Waals surface area (Å²) in [6, 6.07) is 9.27. The number of pyridine rings is 1. The summed E-state index contributed by atoms with van der Waals surface area (Å²) in [6.45, 7) is 4.93. The van der Waals surface area contributed by atoms with E-state index in [1.54, 1.807) is 24.3 Å². The van der Waals surface area contributed by atoms with Gasteiger partial charge in [-0.1, -0.05) is 12.1 Å². The summed E-state index contributed by atoms with van der Waals surface area (Å²) in [5.74, 6) is 0.417. The molecule has 0 amide bonds. The van der Waals surface area contributed by atoms with Crippen LogP contribution in [-0.4, -0.2) is 86.7 Å². The van der Waals surface area contributed by atoms with Crippen LogP contribution in [-0.2, 0) is 14.8 Å². The van der Waals surface area contributed by atoms with Crippen LogP contribution in [0.5, 0.6) is 0 Å². The molecule has 1 atom stereocenters. The molecule has 0 unspecified atom stereocenters. The molecule has 0 radical (unpaired) electrons. The van der Waals surface area contributed by atoms with E-state index >= 15 is 0 Å². The third kappa shape index (κ3) is 5.21. The topological polar surface area (TPSA) is 86.2 Å². The number of rotatable bonds is 6. The highest BCUT2D eigenvalue weighted by Gasteiger charge is 2.27.